The van der Waals surface area contributed by atoms with Gasteiger partial charge in [0.25, 0.3) is 5.56 Å². The van der Waals surface area contributed by atoms with Gasteiger partial charge in [0.1, 0.15) is 6.04 Å². The fourth-order valence-electron chi connectivity index (χ4n) is 4.76. The zero-order valence-corrected chi connectivity index (χ0v) is 17.5. The van der Waals surface area contributed by atoms with Crippen LogP contribution in [0.4, 0.5) is 0 Å². The summed E-state index contributed by atoms with van der Waals surface area (Å²) in [6, 6.07) is 13.2. The van der Waals surface area contributed by atoms with Gasteiger partial charge in [0.05, 0.1) is 23.6 Å². The van der Waals surface area contributed by atoms with Crippen molar-refractivity contribution >= 4 is 27.7 Å². The first-order chi connectivity index (χ1) is 15.6. The van der Waals surface area contributed by atoms with E-state index < -0.39 is 17.3 Å². The Hall–Kier alpha value is -3.65. The summed E-state index contributed by atoms with van der Waals surface area (Å²) >= 11 is 0. The third kappa shape index (κ3) is 3.33. The number of likely N-dealkylation sites (tertiary alicyclic amines) is 1. The predicted molar refractivity (Wildman–Crippen MR) is 122 cm³/mol. The average molecular weight is 432 g/mol. The monoisotopic (exact) mass is 432 g/mol. The molecule has 8 heteroatoms. The number of nitrogens with one attached hydrogen (secondary N) is 2. The zero-order chi connectivity index (χ0) is 22.2. The Bertz CT molecular complexity index is 1420. The number of H-pyrrole nitrogens is 2. The number of amides is 1. The molecule has 1 saturated heterocycles. The van der Waals surface area contributed by atoms with Crippen LogP contribution in [0.15, 0.2) is 64.3 Å². The van der Waals surface area contributed by atoms with Crippen LogP contribution in [0.3, 0.4) is 0 Å². The van der Waals surface area contributed by atoms with Crippen LogP contribution in [0.5, 0.6) is 0 Å². The van der Waals surface area contributed by atoms with Crippen molar-refractivity contribution in [2.24, 2.45) is 0 Å². The van der Waals surface area contributed by atoms with Crippen LogP contribution in [-0.2, 0) is 11.2 Å². The van der Waals surface area contributed by atoms with Crippen molar-refractivity contribution in [3.05, 3.63) is 81.1 Å². The molecule has 1 fully saturated rings. The maximum atomic E-state index is 13.7. The second kappa shape index (κ2) is 8.12. The summed E-state index contributed by atoms with van der Waals surface area (Å²) in [7, 11) is 0. The molecule has 3 heterocycles. The third-order valence-electron chi connectivity index (χ3n) is 6.39. The molecule has 2 atom stereocenters. The number of benzene rings is 2. The number of para-hydroxylation sites is 2. The number of hydrogen-bond donors (Lipinski definition) is 3. The van der Waals surface area contributed by atoms with Gasteiger partial charge in [-0.15, -0.1) is 0 Å². The van der Waals surface area contributed by atoms with Crippen molar-refractivity contribution in [1.29, 1.82) is 0 Å². The topological polar surface area (TPSA) is 111 Å². The minimum Gasteiger partial charge on any atom is -0.394 e. The van der Waals surface area contributed by atoms with E-state index in [9.17, 15) is 19.5 Å². The van der Waals surface area contributed by atoms with E-state index in [4.69, 9.17) is 0 Å². The first kappa shape index (κ1) is 20.3. The molecule has 0 bridgehead atoms. The van der Waals surface area contributed by atoms with Gasteiger partial charge in [0, 0.05) is 30.1 Å². The van der Waals surface area contributed by atoms with Crippen LogP contribution < -0.4 is 11.2 Å². The smallest absolute Gasteiger partial charge is 0.329 e. The highest BCUT2D eigenvalue weighted by molar-refractivity contribution is 5.86. The fourth-order valence-corrected chi connectivity index (χ4v) is 4.76. The molecule has 3 N–H and O–H groups in total. The Labute approximate surface area is 183 Å². The second-order valence-corrected chi connectivity index (χ2v) is 8.24. The molecule has 8 nitrogen and oxygen atoms in total. The number of aliphatic hydroxyl groups is 1. The van der Waals surface area contributed by atoms with Gasteiger partial charge in [0.2, 0.25) is 5.91 Å². The van der Waals surface area contributed by atoms with Gasteiger partial charge in [-0.1, -0.05) is 30.3 Å². The number of rotatable bonds is 5. The van der Waals surface area contributed by atoms with Gasteiger partial charge in [-0.2, -0.15) is 0 Å². The highest BCUT2D eigenvalue weighted by atomic mass is 16.3. The fraction of sp³-hybridized carbons (Fsp3) is 0.292. The number of carbonyl (C=O) groups is 1. The summed E-state index contributed by atoms with van der Waals surface area (Å²) in [5.74, 6) is -0.324. The standard InChI is InChI=1S/C24H24N4O4/c29-14-16-6-5-11-27(16)23(31)21(12-15-13-25-19-9-3-1-7-17(15)19)28-22(30)18-8-2-4-10-20(18)26-24(28)32/h1-4,7-10,13,16,21,25,29H,5-6,11-12,14H2,(H,26,32). The van der Waals surface area contributed by atoms with E-state index in [2.05, 4.69) is 9.97 Å². The minimum absolute atomic E-state index is 0.144. The SMILES string of the molecule is O=C(C(Cc1c[nH]c2ccccc12)n1c(=O)[nH]c2ccccc2c1=O)N1CCCC1CO. The molecule has 1 aliphatic rings. The molecule has 1 aliphatic heterocycles. The molecule has 2 unspecified atom stereocenters. The Morgan fingerprint density at radius 1 is 1.06 bits per heavy atom. The van der Waals surface area contributed by atoms with E-state index in [1.165, 1.54) is 0 Å². The molecule has 0 aliphatic carbocycles. The number of fused-ring (bicyclic) bond motifs is 2. The van der Waals surface area contributed by atoms with Crippen LogP contribution in [-0.4, -0.2) is 49.6 Å². The van der Waals surface area contributed by atoms with Crippen LogP contribution in [0.1, 0.15) is 24.4 Å². The van der Waals surface area contributed by atoms with E-state index in [1.807, 2.05) is 30.5 Å². The van der Waals surface area contributed by atoms with E-state index in [-0.39, 0.29) is 25.0 Å². The molecule has 2 aromatic carbocycles. The normalized spacial score (nSPS) is 17.3. The van der Waals surface area contributed by atoms with Gasteiger partial charge in [-0.3, -0.25) is 9.59 Å². The lowest BCUT2D eigenvalue weighted by Gasteiger charge is -2.28. The Morgan fingerprint density at radius 2 is 1.78 bits per heavy atom. The minimum atomic E-state index is -1.03. The summed E-state index contributed by atoms with van der Waals surface area (Å²) in [5, 5.41) is 11.0. The number of nitrogens with zero attached hydrogens (tertiary/aromatic N) is 2. The van der Waals surface area contributed by atoms with Gasteiger partial charge in [0.15, 0.2) is 0 Å². The van der Waals surface area contributed by atoms with Crippen molar-refractivity contribution in [3.63, 3.8) is 0 Å². The van der Waals surface area contributed by atoms with E-state index in [0.717, 1.165) is 27.5 Å². The second-order valence-electron chi connectivity index (χ2n) is 8.24. The van der Waals surface area contributed by atoms with Crippen molar-refractivity contribution in [2.75, 3.05) is 13.2 Å². The highest BCUT2D eigenvalue weighted by Crippen LogP contribution is 2.26. The molecule has 32 heavy (non-hydrogen) atoms. The largest absolute Gasteiger partial charge is 0.394 e. The van der Waals surface area contributed by atoms with Crippen LogP contribution in [0.25, 0.3) is 21.8 Å². The zero-order valence-electron chi connectivity index (χ0n) is 17.5. The van der Waals surface area contributed by atoms with Crippen LogP contribution in [0.2, 0.25) is 0 Å². The first-order valence-corrected chi connectivity index (χ1v) is 10.8. The van der Waals surface area contributed by atoms with Crippen molar-refractivity contribution in [3.8, 4) is 0 Å². The van der Waals surface area contributed by atoms with Crippen molar-refractivity contribution in [1.82, 2.24) is 19.4 Å². The first-order valence-electron chi connectivity index (χ1n) is 10.8. The quantitative estimate of drug-likeness (QED) is 0.447. The summed E-state index contributed by atoms with van der Waals surface area (Å²) in [6.07, 6.45) is 3.47. The number of aromatic amines is 2. The van der Waals surface area contributed by atoms with Crippen molar-refractivity contribution in [2.45, 2.75) is 31.3 Å². The van der Waals surface area contributed by atoms with Gasteiger partial charge in [-0.05, 0) is 36.6 Å². The lowest BCUT2D eigenvalue weighted by molar-refractivity contribution is -0.136. The summed E-state index contributed by atoms with van der Waals surface area (Å²) < 4.78 is 1.04. The van der Waals surface area contributed by atoms with Crippen LogP contribution in [0, 0.1) is 0 Å². The van der Waals surface area contributed by atoms with Gasteiger partial charge in [-0.25, -0.2) is 9.36 Å². The maximum absolute atomic E-state index is 13.7. The van der Waals surface area contributed by atoms with E-state index in [1.54, 1.807) is 29.2 Å². The average Bonchev–Trinajstić information content (AvgIpc) is 3.45. The van der Waals surface area contributed by atoms with Crippen LogP contribution >= 0.6 is 0 Å². The Kier molecular flexibility index (Phi) is 5.14. The Morgan fingerprint density at radius 3 is 2.56 bits per heavy atom. The molecule has 1 amide bonds. The third-order valence-corrected chi connectivity index (χ3v) is 6.39. The molecule has 0 saturated carbocycles. The molecule has 5 rings (SSSR count). The molecular weight excluding hydrogens is 408 g/mol. The molecule has 0 spiro atoms. The molecule has 4 aromatic rings. The number of carbonyl (C=O) groups excluding carboxylic acids is 1. The lowest BCUT2D eigenvalue weighted by atomic mass is 10.0. The predicted octanol–water partition coefficient (Wildman–Crippen LogP) is 1.94. The van der Waals surface area contributed by atoms with E-state index >= 15 is 0 Å². The summed E-state index contributed by atoms with van der Waals surface area (Å²) in [4.78, 5) is 47.7. The molecular formula is C24H24N4O4. The highest BCUT2D eigenvalue weighted by Gasteiger charge is 2.35. The number of aromatic nitrogens is 3. The summed E-state index contributed by atoms with van der Waals surface area (Å²) in [5.41, 5.74) is 1.08. The number of aliphatic hydroxyl groups excluding tert-OH is 1. The van der Waals surface area contributed by atoms with Crippen molar-refractivity contribution < 1.29 is 9.90 Å². The Balaban J connectivity index is 1.66. The van der Waals surface area contributed by atoms with Gasteiger partial charge >= 0.3 is 5.69 Å². The molecule has 0 radical (unpaired) electrons. The lowest BCUT2D eigenvalue weighted by Crippen LogP contribution is -2.48. The molecule has 2 aromatic heterocycles. The summed E-state index contributed by atoms with van der Waals surface area (Å²) in [6.45, 7) is 0.350. The maximum Gasteiger partial charge on any atom is 0.329 e. The number of hydrogen-bond acceptors (Lipinski definition) is 4. The van der Waals surface area contributed by atoms with E-state index in [0.29, 0.717) is 23.9 Å². The van der Waals surface area contributed by atoms with Gasteiger partial charge < -0.3 is 20.0 Å². The molecule has 164 valence electrons.